The zero-order valence-corrected chi connectivity index (χ0v) is 12.3. The van der Waals surface area contributed by atoms with E-state index in [0.29, 0.717) is 0 Å². The third-order valence-electron chi connectivity index (χ3n) is 3.13. The second-order valence-corrected chi connectivity index (χ2v) is 5.06. The molecule has 2 aromatic rings. The van der Waals surface area contributed by atoms with Gasteiger partial charge in [-0.3, -0.25) is 0 Å². The average Bonchev–Trinajstić information content (AvgIpc) is 2.86. The number of nitrogens with one attached hydrogen (secondary N) is 1. The smallest absolute Gasteiger partial charge is 0.126 e. The second-order valence-electron chi connectivity index (χ2n) is 4.21. The number of aryl methyl sites for hydroxylation is 1. The van der Waals surface area contributed by atoms with Gasteiger partial charge in [-0.05, 0) is 32.0 Å². The largest absolute Gasteiger partial charge is 0.334 e. The van der Waals surface area contributed by atoms with Crippen LogP contribution in [0, 0.1) is 0 Å². The first kappa shape index (κ1) is 13.3. The maximum Gasteiger partial charge on any atom is 0.126 e. The molecule has 0 amide bonds. The van der Waals surface area contributed by atoms with Crippen LogP contribution in [0.15, 0.2) is 41.1 Å². The van der Waals surface area contributed by atoms with Gasteiger partial charge in [-0.1, -0.05) is 34.1 Å². The van der Waals surface area contributed by atoms with E-state index in [4.69, 9.17) is 0 Å². The summed E-state index contributed by atoms with van der Waals surface area (Å²) in [6.45, 7) is 3.08. The van der Waals surface area contributed by atoms with E-state index in [0.717, 1.165) is 23.3 Å². The highest BCUT2D eigenvalue weighted by atomic mass is 79.9. The minimum Gasteiger partial charge on any atom is -0.334 e. The Labute approximate surface area is 116 Å². The van der Waals surface area contributed by atoms with E-state index in [9.17, 15) is 0 Å². The molecule has 0 spiro atoms. The maximum absolute atomic E-state index is 4.47. The molecule has 4 heteroatoms. The first-order valence-corrected chi connectivity index (χ1v) is 6.97. The van der Waals surface area contributed by atoms with Crippen molar-refractivity contribution in [3.05, 3.63) is 52.5 Å². The van der Waals surface area contributed by atoms with Gasteiger partial charge >= 0.3 is 0 Å². The van der Waals surface area contributed by atoms with Gasteiger partial charge in [-0.2, -0.15) is 0 Å². The summed E-state index contributed by atoms with van der Waals surface area (Å²) in [6.07, 6.45) is 4.82. The van der Waals surface area contributed by atoms with E-state index in [-0.39, 0.29) is 6.04 Å². The van der Waals surface area contributed by atoms with Crippen LogP contribution in [0.3, 0.4) is 0 Å². The highest BCUT2D eigenvalue weighted by Gasteiger charge is 2.16. The molecule has 0 aliphatic carbocycles. The zero-order valence-electron chi connectivity index (χ0n) is 10.7. The van der Waals surface area contributed by atoms with Crippen molar-refractivity contribution in [1.29, 1.82) is 0 Å². The van der Waals surface area contributed by atoms with Gasteiger partial charge in [0.05, 0.1) is 6.04 Å². The van der Waals surface area contributed by atoms with E-state index in [2.05, 4.69) is 55.9 Å². The van der Waals surface area contributed by atoms with Gasteiger partial charge in [-0.25, -0.2) is 4.98 Å². The fraction of sp³-hybridized carbons (Fsp3) is 0.357. The van der Waals surface area contributed by atoms with E-state index < -0.39 is 0 Å². The van der Waals surface area contributed by atoms with Crippen molar-refractivity contribution in [2.24, 2.45) is 0 Å². The fourth-order valence-electron chi connectivity index (χ4n) is 2.10. The summed E-state index contributed by atoms with van der Waals surface area (Å²) < 4.78 is 3.33. The first-order valence-electron chi connectivity index (χ1n) is 6.18. The van der Waals surface area contributed by atoms with Crippen molar-refractivity contribution >= 4 is 15.9 Å². The third-order valence-corrected chi connectivity index (χ3v) is 3.90. The molecule has 0 radical (unpaired) electrons. The lowest BCUT2D eigenvalue weighted by Crippen LogP contribution is -2.23. The standard InChI is InChI=1S/C14H18BrN3/c1-3-18-9-8-17-14(18)13(16-2)10-11-6-4-5-7-12(11)15/h4-9,13,16H,3,10H2,1-2H3. The Bertz CT molecular complexity index is 507. The van der Waals surface area contributed by atoms with Gasteiger partial charge in [0, 0.05) is 23.4 Å². The lowest BCUT2D eigenvalue weighted by atomic mass is 10.1. The number of rotatable bonds is 5. The second kappa shape index (κ2) is 6.16. The Morgan fingerprint density at radius 3 is 2.83 bits per heavy atom. The Kier molecular flexibility index (Phi) is 4.55. The predicted molar refractivity (Wildman–Crippen MR) is 77.5 cm³/mol. The topological polar surface area (TPSA) is 29.9 Å². The maximum atomic E-state index is 4.47. The Morgan fingerprint density at radius 2 is 2.17 bits per heavy atom. The molecule has 1 unspecified atom stereocenters. The highest BCUT2D eigenvalue weighted by molar-refractivity contribution is 9.10. The van der Waals surface area contributed by atoms with E-state index in [1.807, 2.05) is 25.5 Å². The normalized spacial score (nSPS) is 12.6. The van der Waals surface area contributed by atoms with Crippen LogP contribution in [0.2, 0.25) is 0 Å². The summed E-state index contributed by atoms with van der Waals surface area (Å²) in [7, 11) is 1.98. The molecule has 3 nitrogen and oxygen atoms in total. The number of hydrogen-bond acceptors (Lipinski definition) is 2. The fourth-order valence-corrected chi connectivity index (χ4v) is 2.55. The summed E-state index contributed by atoms with van der Waals surface area (Å²) in [5, 5.41) is 3.35. The zero-order chi connectivity index (χ0) is 13.0. The minimum atomic E-state index is 0.235. The SMILES string of the molecule is CCn1ccnc1C(Cc1ccccc1Br)NC. The number of nitrogens with zero attached hydrogens (tertiary/aromatic N) is 2. The number of hydrogen-bond donors (Lipinski definition) is 1. The molecule has 1 atom stereocenters. The van der Waals surface area contributed by atoms with Crippen molar-refractivity contribution in [2.45, 2.75) is 25.9 Å². The lowest BCUT2D eigenvalue weighted by Gasteiger charge is -2.17. The number of aromatic nitrogens is 2. The van der Waals surface area contributed by atoms with Gasteiger partial charge in [-0.15, -0.1) is 0 Å². The van der Waals surface area contributed by atoms with Crippen molar-refractivity contribution in [1.82, 2.24) is 14.9 Å². The molecule has 0 bridgehead atoms. The minimum absolute atomic E-state index is 0.235. The highest BCUT2D eigenvalue weighted by Crippen LogP contribution is 2.22. The summed E-state index contributed by atoms with van der Waals surface area (Å²) >= 11 is 3.60. The van der Waals surface area contributed by atoms with E-state index >= 15 is 0 Å². The molecule has 1 aromatic heterocycles. The van der Waals surface area contributed by atoms with Crippen LogP contribution in [0.25, 0.3) is 0 Å². The molecule has 0 aliphatic heterocycles. The summed E-state index contributed by atoms with van der Waals surface area (Å²) in [5.41, 5.74) is 1.29. The molecule has 1 N–H and O–H groups in total. The monoisotopic (exact) mass is 307 g/mol. The number of benzene rings is 1. The van der Waals surface area contributed by atoms with Gasteiger partial charge in [0.25, 0.3) is 0 Å². The average molecular weight is 308 g/mol. The molecular weight excluding hydrogens is 290 g/mol. The molecule has 96 valence electrons. The molecule has 0 fully saturated rings. The van der Waals surface area contributed by atoms with Gasteiger partial charge in [0.1, 0.15) is 5.82 Å². The van der Waals surface area contributed by atoms with Gasteiger partial charge in [0.2, 0.25) is 0 Å². The molecule has 0 aliphatic rings. The summed E-state index contributed by atoms with van der Waals surface area (Å²) in [6, 6.07) is 8.56. The third kappa shape index (κ3) is 2.82. The van der Waals surface area contributed by atoms with Crippen LogP contribution in [-0.4, -0.2) is 16.6 Å². The quantitative estimate of drug-likeness (QED) is 0.919. The van der Waals surface area contributed by atoms with Gasteiger partial charge < -0.3 is 9.88 Å². The van der Waals surface area contributed by atoms with Crippen LogP contribution in [-0.2, 0) is 13.0 Å². The number of likely N-dealkylation sites (N-methyl/N-ethyl adjacent to an activating group) is 1. The van der Waals surface area contributed by atoms with Crippen LogP contribution < -0.4 is 5.32 Å². The Morgan fingerprint density at radius 1 is 1.39 bits per heavy atom. The number of imidazole rings is 1. The molecule has 18 heavy (non-hydrogen) atoms. The van der Waals surface area contributed by atoms with Crippen molar-refractivity contribution in [3.63, 3.8) is 0 Å². The molecule has 0 saturated heterocycles. The van der Waals surface area contributed by atoms with Crippen LogP contribution in [0.1, 0.15) is 24.4 Å². The Balaban J connectivity index is 2.23. The number of halogens is 1. The van der Waals surface area contributed by atoms with Gasteiger partial charge in [0.15, 0.2) is 0 Å². The molecule has 1 aromatic carbocycles. The van der Waals surface area contributed by atoms with E-state index in [1.54, 1.807) is 0 Å². The van der Waals surface area contributed by atoms with Crippen LogP contribution in [0.4, 0.5) is 0 Å². The molecule has 0 saturated carbocycles. The lowest BCUT2D eigenvalue weighted by molar-refractivity contribution is 0.523. The summed E-state index contributed by atoms with van der Waals surface area (Å²) in [4.78, 5) is 4.47. The molecular formula is C14H18BrN3. The van der Waals surface area contributed by atoms with Crippen LogP contribution in [0.5, 0.6) is 0 Å². The van der Waals surface area contributed by atoms with Crippen molar-refractivity contribution in [2.75, 3.05) is 7.05 Å². The molecule has 2 rings (SSSR count). The Hall–Kier alpha value is -1.13. The summed E-state index contributed by atoms with van der Waals surface area (Å²) in [5.74, 6) is 1.09. The molecule has 1 heterocycles. The predicted octanol–water partition coefficient (Wildman–Crippen LogP) is 3.17. The van der Waals surface area contributed by atoms with E-state index in [1.165, 1.54) is 5.56 Å². The van der Waals surface area contributed by atoms with Crippen molar-refractivity contribution in [3.8, 4) is 0 Å². The first-order chi connectivity index (χ1) is 8.76. The van der Waals surface area contributed by atoms with Crippen molar-refractivity contribution < 1.29 is 0 Å². The van der Waals surface area contributed by atoms with Crippen LogP contribution >= 0.6 is 15.9 Å².